The van der Waals surface area contributed by atoms with Gasteiger partial charge in [0.25, 0.3) is 0 Å². The Hall–Kier alpha value is -1.14. The fourth-order valence-corrected chi connectivity index (χ4v) is 1.39. The third kappa shape index (κ3) is 6.56. The van der Waals surface area contributed by atoms with Crippen LogP contribution in [0, 0.1) is 0 Å². The summed E-state index contributed by atoms with van der Waals surface area (Å²) in [5.74, 6) is -0.793. The second kappa shape index (κ2) is 8.88. The number of unbranched alkanes of at least 4 members (excludes halogenated alkanes) is 1. The Kier molecular flexibility index (Phi) is 7.36. The van der Waals surface area contributed by atoms with Crippen molar-refractivity contribution in [3.63, 3.8) is 0 Å². The van der Waals surface area contributed by atoms with Crippen LogP contribution in [0.25, 0.3) is 0 Å². The van der Waals surface area contributed by atoms with Crippen molar-refractivity contribution in [2.45, 2.75) is 38.7 Å². The highest BCUT2D eigenvalue weighted by molar-refractivity contribution is 5.77. The smallest absolute Gasteiger partial charge is 0.306 e. The van der Waals surface area contributed by atoms with Gasteiger partial charge < -0.3 is 18.9 Å². The molecule has 6 heteroatoms. The van der Waals surface area contributed by atoms with E-state index in [1.165, 1.54) is 0 Å². The molecule has 0 amide bonds. The first-order valence-corrected chi connectivity index (χ1v) is 6.23. The monoisotopic (exact) mass is 260 g/mol. The number of carbonyl (C=O) groups excluding carboxylic acids is 2. The fourth-order valence-electron chi connectivity index (χ4n) is 1.39. The Balaban J connectivity index is 2.06. The van der Waals surface area contributed by atoms with Gasteiger partial charge in [-0.2, -0.15) is 0 Å². The summed E-state index contributed by atoms with van der Waals surface area (Å²) in [4.78, 5) is 22.6. The molecule has 0 radical (unpaired) electrons. The SMILES string of the molecule is CCCCOC(=O)CCC(=O)OC1COCOC1. The first-order chi connectivity index (χ1) is 8.72. The van der Waals surface area contributed by atoms with Gasteiger partial charge in [-0.05, 0) is 6.42 Å². The van der Waals surface area contributed by atoms with Crippen LogP contribution in [0.3, 0.4) is 0 Å². The molecule has 0 unspecified atom stereocenters. The lowest BCUT2D eigenvalue weighted by Gasteiger charge is -2.22. The summed E-state index contributed by atoms with van der Waals surface area (Å²) in [6.45, 7) is 3.34. The van der Waals surface area contributed by atoms with Crippen LogP contribution in [0.1, 0.15) is 32.6 Å². The summed E-state index contributed by atoms with van der Waals surface area (Å²) in [7, 11) is 0. The Morgan fingerprint density at radius 3 is 2.50 bits per heavy atom. The minimum Gasteiger partial charge on any atom is -0.466 e. The largest absolute Gasteiger partial charge is 0.466 e. The molecule has 0 aromatic rings. The average Bonchev–Trinajstić information content (AvgIpc) is 2.38. The molecule has 1 fully saturated rings. The van der Waals surface area contributed by atoms with Gasteiger partial charge in [0, 0.05) is 0 Å². The van der Waals surface area contributed by atoms with Gasteiger partial charge in [0.2, 0.25) is 0 Å². The van der Waals surface area contributed by atoms with Crippen molar-refractivity contribution in [2.24, 2.45) is 0 Å². The topological polar surface area (TPSA) is 71.1 Å². The molecule has 1 rings (SSSR count). The van der Waals surface area contributed by atoms with E-state index < -0.39 is 5.97 Å². The Labute approximate surface area is 107 Å². The second-order valence-electron chi connectivity index (χ2n) is 4.05. The van der Waals surface area contributed by atoms with Crippen LogP contribution in [-0.4, -0.2) is 44.7 Å². The number of hydrogen-bond donors (Lipinski definition) is 0. The van der Waals surface area contributed by atoms with Crippen molar-refractivity contribution < 1.29 is 28.5 Å². The van der Waals surface area contributed by atoms with Gasteiger partial charge in [0.1, 0.15) is 12.9 Å². The molecule has 1 aliphatic rings. The van der Waals surface area contributed by atoms with Crippen molar-refractivity contribution in [3.05, 3.63) is 0 Å². The van der Waals surface area contributed by atoms with E-state index in [1.54, 1.807) is 0 Å². The van der Waals surface area contributed by atoms with Gasteiger partial charge in [-0.3, -0.25) is 9.59 Å². The van der Waals surface area contributed by atoms with E-state index in [4.69, 9.17) is 18.9 Å². The lowest BCUT2D eigenvalue weighted by atomic mass is 10.3. The lowest BCUT2D eigenvalue weighted by Crippen LogP contribution is -2.33. The van der Waals surface area contributed by atoms with Crippen LogP contribution in [0.15, 0.2) is 0 Å². The number of ether oxygens (including phenoxy) is 4. The first-order valence-electron chi connectivity index (χ1n) is 6.23. The molecule has 0 spiro atoms. The minimum absolute atomic E-state index is 0.0292. The maximum Gasteiger partial charge on any atom is 0.306 e. The lowest BCUT2D eigenvalue weighted by molar-refractivity contribution is -0.183. The highest BCUT2D eigenvalue weighted by Crippen LogP contribution is 2.05. The summed E-state index contributed by atoms with van der Waals surface area (Å²) < 4.78 is 20.0. The molecule has 1 saturated heterocycles. The van der Waals surface area contributed by atoms with Crippen molar-refractivity contribution in [3.8, 4) is 0 Å². The second-order valence-corrected chi connectivity index (χ2v) is 4.05. The van der Waals surface area contributed by atoms with E-state index >= 15 is 0 Å². The Morgan fingerprint density at radius 2 is 1.83 bits per heavy atom. The summed E-state index contributed by atoms with van der Waals surface area (Å²) in [6, 6.07) is 0. The van der Waals surface area contributed by atoms with Crippen LogP contribution in [0.4, 0.5) is 0 Å². The highest BCUT2D eigenvalue weighted by atomic mass is 16.7. The third-order valence-corrected chi connectivity index (χ3v) is 2.37. The maximum atomic E-state index is 11.4. The van der Waals surface area contributed by atoms with E-state index in [0.717, 1.165) is 12.8 Å². The predicted octanol–water partition coefficient (Wildman–Crippen LogP) is 1.03. The first kappa shape index (κ1) is 14.9. The standard InChI is InChI=1S/C12H20O6/c1-2-3-6-17-11(13)4-5-12(14)18-10-7-15-9-16-8-10/h10H,2-9H2,1H3. The average molecular weight is 260 g/mol. The summed E-state index contributed by atoms with van der Waals surface area (Å²) in [6.07, 6.45) is 1.52. The quantitative estimate of drug-likeness (QED) is 0.503. The van der Waals surface area contributed by atoms with Crippen LogP contribution in [-0.2, 0) is 28.5 Å². The van der Waals surface area contributed by atoms with Gasteiger partial charge in [-0.1, -0.05) is 13.3 Å². The summed E-state index contributed by atoms with van der Waals surface area (Å²) in [5.41, 5.74) is 0. The highest BCUT2D eigenvalue weighted by Gasteiger charge is 2.19. The molecule has 0 atom stereocenters. The zero-order valence-electron chi connectivity index (χ0n) is 10.7. The number of rotatable bonds is 7. The molecule has 18 heavy (non-hydrogen) atoms. The molecule has 0 aliphatic carbocycles. The number of esters is 2. The van der Waals surface area contributed by atoms with Crippen molar-refractivity contribution in [2.75, 3.05) is 26.6 Å². The van der Waals surface area contributed by atoms with Crippen LogP contribution in [0.5, 0.6) is 0 Å². The maximum absolute atomic E-state index is 11.4. The van der Waals surface area contributed by atoms with Gasteiger partial charge in [-0.15, -0.1) is 0 Å². The molecule has 0 aromatic carbocycles. The molecular formula is C12H20O6. The summed E-state index contributed by atoms with van der Waals surface area (Å²) >= 11 is 0. The zero-order chi connectivity index (χ0) is 13.2. The number of hydrogen-bond acceptors (Lipinski definition) is 6. The zero-order valence-corrected chi connectivity index (χ0v) is 10.7. The molecule has 0 bridgehead atoms. The molecule has 1 heterocycles. The molecule has 6 nitrogen and oxygen atoms in total. The van der Waals surface area contributed by atoms with Gasteiger partial charge in [0.05, 0.1) is 32.7 Å². The van der Waals surface area contributed by atoms with E-state index in [-0.39, 0.29) is 31.7 Å². The molecule has 0 saturated carbocycles. The van der Waals surface area contributed by atoms with E-state index in [1.807, 2.05) is 6.92 Å². The molecular weight excluding hydrogens is 240 g/mol. The van der Waals surface area contributed by atoms with Crippen molar-refractivity contribution in [1.82, 2.24) is 0 Å². The van der Waals surface area contributed by atoms with Crippen LogP contribution in [0.2, 0.25) is 0 Å². The molecule has 1 aliphatic heterocycles. The minimum atomic E-state index is -0.429. The van der Waals surface area contributed by atoms with Crippen LogP contribution < -0.4 is 0 Å². The molecule has 0 N–H and O–H groups in total. The van der Waals surface area contributed by atoms with Gasteiger partial charge in [-0.25, -0.2) is 0 Å². The Bertz CT molecular complexity index is 259. The van der Waals surface area contributed by atoms with E-state index in [0.29, 0.717) is 19.8 Å². The third-order valence-electron chi connectivity index (χ3n) is 2.37. The van der Waals surface area contributed by atoms with Gasteiger partial charge >= 0.3 is 11.9 Å². The van der Waals surface area contributed by atoms with Crippen LogP contribution >= 0.6 is 0 Å². The fraction of sp³-hybridized carbons (Fsp3) is 0.833. The van der Waals surface area contributed by atoms with E-state index in [9.17, 15) is 9.59 Å². The molecule has 0 aromatic heterocycles. The van der Waals surface area contributed by atoms with E-state index in [2.05, 4.69) is 0 Å². The summed E-state index contributed by atoms with van der Waals surface area (Å²) in [5, 5.41) is 0. The predicted molar refractivity (Wildman–Crippen MR) is 61.8 cm³/mol. The normalized spacial score (nSPS) is 16.3. The number of carbonyl (C=O) groups is 2. The van der Waals surface area contributed by atoms with Gasteiger partial charge in [0.15, 0.2) is 0 Å². The van der Waals surface area contributed by atoms with Crippen molar-refractivity contribution >= 4 is 11.9 Å². The van der Waals surface area contributed by atoms with Crippen molar-refractivity contribution in [1.29, 1.82) is 0 Å². The Morgan fingerprint density at radius 1 is 1.17 bits per heavy atom. The molecule has 104 valence electrons.